The number of aromatic nitrogens is 3. The van der Waals surface area contributed by atoms with Crippen LogP contribution in [-0.4, -0.2) is 27.8 Å². The van der Waals surface area contributed by atoms with Crippen molar-refractivity contribution in [3.05, 3.63) is 35.1 Å². The van der Waals surface area contributed by atoms with Crippen LogP contribution >= 0.6 is 11.6 Å². The van der Waals surface area contributed by atoms with Crippen LogP contribution < -0.4 is 0 Å². The van der Waals surface area contributed by atoms with E-state index in [0.29, 0.717) is 16.6 Å². The van der Waals surface area contributed by atoms with Crippen LogP contribution in [0, 0.1) is 0 Å². The molecule has 1 aromatic carbocycles. The van der Waals surface area contributed by atoms with E-state index in [1.807, 2.05) is 4.68 Å². The number of hydrogen-bond acceptors (Lipinski definition) is 4. The van der Waals surface area contributed by atoms with Crippen molar-refractivity contribution in [1.82, 2.24) is 14.8 Å². The van der Waals surface area contributed by atoms with Crippen molar-refractivity contribution >= 4 is 17.6 Å². The van der Waals surface area contributed by atoms with Crippen LogP contribution in [0.2, 0.25) is 5.02 Å². The number of methoxy groups -OCH3 is 1. The summed E-state index contributed by atoms with van der Waals surface area (Å²) in [5.41, 5.74) is 1.20. The number of carbonyl (C=O) groups is 1. The third-order valence-corrected chi connectivity index (χ3v) is 3.41. The zero-order valence-corrected chi connectivity index (χ0v) is 11.1. The first-order valence-corrected chi connectivity index (χ1v) is 6.36. The Morgan fingerprint density at radius 3 is 2.89 bits per heavy atom. The maximum Gasteiger partial charge on any atom is 0.339 e. The Morgan fingerprint density at radius 1 is 1.47 bits per heavy atom. The van der Waals surface area contributed by atoms with Gasteiger partial charge in [-0.25, -0.2) is 14.5 Å². The standard InChI is InChI=1S/C13H12ClN3O2/c1-19-13(18)10-5-2-8(6-11(10)14)12-15-7-16-17(12)9-3-4-9/h2,5-7,9H,3-4H2,1H3. The molecule has 1 heterocycles. The van der Waals surface area contributed by atoms with Gasteiger partial charge in [-0.1, -0.05) is 17.7 Å². The van der Waals surface area contributed by atoms with Gasteiger partial charge >= 0.3 is 5.97 Å². The highest BCUT2D eigenvalue weighted by atomic mass is 35.5. The molecule has 0 N–H and O–H groups in total. The van der Waals surface area contributed by atoms with Crippen LogP contribution in [0.15, 0.2) is 24.5 Å². The summed E-state index contributed by atoms with van der Waals surface area (Å²) in [6, 6.07) is 5.62. The molecule has 1 saturated carbocycles. The lowest BCUT2D eigenvalue weighted by molar-refractivity contribution is 0.0601. The van der Waals surface area contributed by atoms with E-state index in [4.69, 9.17) is 11.6 Å². The monoisotopic (exact) mass is 277 g/mol. The maximum absolute atomic E-state index is 11.5. The van der Waals surface area contributed by atoms with Gasteiger partial charge in [0.15, 0.2) is 5.82 Å². The van der Waals surface area contributed by atoms with E-state index in [9.17, 15) is 4.79 Å². The highest BCUT2D eigenvalue weighted by Crippen LogP contribution is 2.37. The second kappa shape index (κ2) is 4.66. The quantitative estimate of drug-likeness (QED) is 0.810. The molecule has 1 aliphatic carbocycles. The number of rotatable bonds is 3. The first kappa shape index (κ1) is 12.2. The van der Waals surface area contributed by atoms with Gasteiger partial charge in [-0.2, -0.15) is 5.10 Å². The SMILES string of the molecule is COC(=O)c1ccc(-c2ncnn2C2CC2)cc1Cl. The number of halogens is 1. The number of esters is 1. The summed E-state index contributed by atoms with van der Waals surface area (Å²) in [5, 5.41) is 4.58. The first-order chi connectivity index (χ1) is 9.20. The molecule has 6 heteroatoms. The average molecular weight is 278 g/mol. The summed E-state index contributed by atoms with van der Waals surface area (Å²) >= 11 is 6.11. The first-order valence-electron chi connectivity index (χ1n) is 5.98. The predicted octanol–water partition coefficient (Wildman–Crippen LogP) is 2.72. The smallest absolute Gasteiger partial charge is 0.339 e. The molecular weight excluding hydrogens is 266 g/mol. The van der Waals surface area contributed by atoms with E-state index in [1.54, 1.807) is 18.2 Å². The lowest BCUT2D eigenvalue weighted by Crippen LogP contribution is -2.03. The molecule has 19 heavy (non-hydrogen) atoms. The fourth-order valence-corrected chi connectivity index (χ4v) is 2.23. The molecular formula is C13H12ClN3O2. The summed E-state index contributed by atoms with van der Waals surface area (Å²) < 4.78 is 6.57. The molecule has 1 aromatic heterocycles. The second-order valence-electron chi connectivity index (χ2n) is 4.45. The molecule has 1 fully saturated rings. The largest absolute Gasteiger partial charge is 0.465 e. The maximum atomic E-state index is 11.5. The molecule has 0 aliphatic heterocycles. The van der Waals surface area contributed by atoms with Crippen LogP contribution in [0.3, 0.4) is 0 Å². The molecule has 0 radical (unpaired) electrons. The number of carbonyl (C=O) groups excluding carboxylic acids is 1. The summed E-state index contributed by atoms with van der Waals surface area (Å²) in [7, 11) is 1.33. The molecule has 2 aromatic rings. The van der Waals surface area contributed by atoms with Gasteiger partial charge in [-0.3, -0.25) is 0 Å². The van der Waals surface area contributed by atoms with E-state index in [1.165, 1.54) is 13.4 Å². The van der Waals surface area contributed by atoms with Crippen LogP contribution in [0.5, 0.6) is 0 Å². The lowest BCUT2D eigenvalue weighted by Gasteiger charge is -2.07. The minimum Gasteiger partial charge on any atom is -0.465 e. The number of ether oxygens (including phenoxy) is 1. The van der Waals surface area contributed by atoms with Gasteiger partial charge in [-0.05, 0) is 25.0 Å². The van der Waals surface area contributed by atoms with Gasteiger partial charge < -0.3 is 4.74 Å². The van der Waals surface area contributed by atoms with Gasteiger partial charge in [-0.15, -0.1) is 0 Å². The summed E-state index contributed by atoms with van der Waals surface area (Å²) in [6.07, 6.45) is 3.80. The molecule has 0 saturated heterocycles. The Hall–Kier alpha value is -1.88. The number of nitrogens with zero attached hydrogens (tertiary/aromatic N) is 3. The second-order valence-corrected chi connectivity index (χ2v) is 4.85. The van der Waals surface area contributed by atoms with Crippen LogP contribution in [0.1, 0.15) is 29.2 Å². The van der Waals surface area contributed by atoms with Gasteiger partial charge in [0.2, 0.25) is 0 Å². The Balaban J connectivity index is 1.99. The molecule has 3 rings (SSSR count). The molecule has 0 atom stereocenters. The van der Waals surface area contributed by atoms with Crippen molar-refractivity contribution in [3.8, 4) is 11.4 Å². The molecule has 0 unspecified atom stereocenters. The summed E-state index contributed by atoms with van der Waals surface area (Å²) in [4.78, 5) is 15.7. The van der Waals surface area contributed by atoms with Crippen molar-refractivity contribution in [3.63, 3.8) is 0 Å². The number of benzene rings is 1. The minimum atomic E-state index is -0.444. The van der Waals surface area contributed by atoms with E-state index >= 15 is 0 Å². The molecule has 0 spiro atoms. The predicted molar refractivity (Wildman–Crippen MR) is 70.1 cm³/mol. The van der Waals surface area contributed by atoms with E-state index in [0.717, 1.165) is 24.2 Å². The van der Waals surface area contributed by atoms with Gasteiger partial charge in [0.05, 0.1) is 23.7 Å². The third-order valence-electron chi connectivity index (χ3n) is 3.10. The molecule has 0 bridgehead atoms. The Kier molecular flexibility index (Phi) is 2.98. The third kappa shape index (κ3) is 2.21. The molecule has 0 amide bonds. The Labute approximate surface area is 115 Å². The molecule has 98 valence electrons. The zero-order valence-electron chi connectivity index (χ0n) is 10.3. The number of hydrogen-bond donors (Lipinski definition) is 0. The molecule has 5 nitrogen and oxygen atoms in total. The normalized spacial score (nSPS) is 14.4. The fraction of sp³-hybridized carbons (Fsp3) is 0.308. The van der Waals surface area contributed by atoms with Gasteiger partial charge in [0.1, 0.15) is 6.33 Å². The van der Waals surface area contributed by atoms with Gasteiger partial charge in [0.25, 0.3) is 0 Å². The highest BCUT2D eigenvalue weighted by Gasteiger charge is 2.27. The van der Waals surface area contributed by atoms with E-state index in [-0.39, 0.29) is 0 Å². The Bertz CT molecular complexity index is 635. The minimum absolute atomic E-state index is 0.352. The summed E-state index contributed by atoms with van der Waals surface area (Å²) in [6.45, 7) is 0. The Morgan fingerprint density at radius 2 is 2.26 bits per heavy atom. The van der Waals surface area contributed by atoms with Crippen LogP contribution in [0.4, 0.5) is 0 Å². The van der Waals surface area contributed by atoms with Gasteiger partial charge in [0, 0.05) is 5.56 Å². The fourth-order valence-electron chi connectivity index (χ4n) is 1.97. The van der Waals surface area contributed by atoms with Crippen LogP contribution in [-0.2, 0) is 4.74 Å². The summed E-state index contributed by atoms with van der Waals surface area (Å²) in [5.74, 6) is 0.334. The van der Waals surface area contributed by atoms with E-state index < -0.39 is 5.97 Å². The molecule has 1 aliphatic rings. The lowest BCUT2D eigenvalue weighted by atomic mass is 10.1. The van der Waals surface area contributed by atoms with Crippen molar-refractivity contribution < 1.29 is 9.53 Å². The average Bonchev–Trinajstić information content (AvgIpc) is 3.15. The highest BCUT2D eigenvalue weighted by molar-refractivity contribution is 6.33. The van der Waals surface area contributed by atoms with E-state index in [2.05, 4.69) is 14.8 Å². The van der Waals surface area contributed by atoms with Crippen molar-refractivity contribution in [1.29, 1.82) is 0 Å². The van der Waals surface area contributed by atoms with Crippen molar-refractivity contribution in [2.75, 3.05) is 7.11 Å². The van der Waals surface area contributed by atoms with Crippen molar-refractivity contribution in [2.45, 2.75) is 18.9 Å². The van der Waals surface area contributed by atoms with Crippen LogP contribution in [0.25, 0.3) is 11.4 Å². The topological polar surface area (TPSA) is 57.0 Å². The van der Waals surface area contributed by atoms with Crippen molar-refractivity contribution in [2.24, 2.45) is 0 Å². The zero-order chi connectivity index (χ0) is 13.4.